The summed E-state index contributed by atoms with van der Waals surface area (Å²) in [6.45, 7) is 0. The van der Waals surface area contributed by atoms with Crippen LogP contribution in [0.5, 0.6) is 5.75 Å². The maximum atomic E-state index is 11.4. The highest BCUT2D eigenvalue weighted by Gasteiger charge is 2.10. The molecule has 1 aromatic heterocycles. The first-order chi connectivity index (χ1) is 9.18. The van der Waals surface area contributed by atoms with Gasteiger partial charge >= 0.3 is 6.03 Å². The number of hydrogen-bond acceptors (Lipinski definition) is 4. The fourth-order valence-electron chi connectivity index (χ4n) is 1.45. The summed E-state index contributed by atoms with van der Waals surface area (Å²) in [4.78, 5) is 15.2. The molecule has 0 aliphatic rings. The number of phenols is 1. The number of aromatic hydroxyl groups is 1. The van der Waals surface area contributed by atoms with Crippen molar-refractivity contribution in [3.05, 3.63) is 54.4 Å². The molecule has 2 rings (SSSR count). The molecule has 0 atom stereocenters. The number of primary amides is 1. The number of nitrogens with two attached hydrogens (primary N) is 1. The van der Waals surface area contributed by atoms with E-state index >= 15 is 0 Å². The van der Waals surface area contributed by atoms with Gasteiger partial charge in [-0.25, -0.2) is 4.79 Å². The largest absolute Gasteiger partial charge is 0.507 e. The molecule has 0 saturated heterocycles. The van der Waals surface area contributed by atoms with Gasteiger partial charge < -0.3 is 10.8 Å². The van der Waals surface area contributed by atoms with Crippen LogP contribution in [-0.2, 0) is 0 Å². The van der Waals surface area contributed by atoms with Crippen molar-refractivity contribution in [3.63, 3.8) is 0 Å². The maximum absolute atomic E-state index is 11.4. The maximum Gasteiger partial charge on any atom is 0.340 e. The van der Waals surface area contributed by atoms with Gasteiger partial charge in [0.1, 0.15) is 5.75 Å². The second-order valence-corrected chi connectivity index (χ2v) is 3.66. The van der Waals surface area contributed by atoms with Crippen molar-refractivity contribution in [2.45, 2.75) is 0 Å². The smallest absolute Gasteiger partial charge is 0.340 e. The van der Waals surface area contributed by atoms with Crippen molar-refractivity contribution in [2.75, 3.05) is 5.01 Å². The highest BCUT2D eigenvalue weighted by atomic mass is 16.3. The first-order valence-electron chi connectivity index (χ1n) is 5.50. The van der Waals surface area contributed by atoms with Crippen molar-refractivity contribution in [1.82, 2.24) is 4.98 Å². The minimum Gasteiger partial charge on any atom is -0.507 e. The average molecular weight is 256 g/mol. The van der Waals surface area contributed by atoms with Crippen LogP contribution >= 0.6 is 0 Å². The number of aromatic nitrogens is 1. The monoisotopic (exact) mass is 256 g/mol. The van der Waals surface area contributed by atoms with Gasteiger partial charge in [-0.1, -0.05) is 12.1 Å². The minimum absolute atomic E-state index is 0.0744. The molecule has 0 radical (unpaired) electrons. The normalized spacial score (nSPS) is 10.5. The molecule has 0 bridgehead atoms. The van der Waals surface area contributed by atoms with Crippen LogP contribution in [0.4, 0.5) is 10.5 Å². The van der Waals surface area contributed by atoms with Crippen LogP contribution in [0.2, 0.25) is 0 Å². The van der Waals surface area contributed by atoms with Gasteiger partial charge in [-0.3, -0.25) is 4.98 Å². The molecule has 6 heteroatoms. The molecule has 1 heterocycles. The van der Waals surface area contributed by atoms with Gasteiger partial charge in [0.15, 0.2) is 0 Å². The van der Waals surface area contributed by atoms with Gasteiger partial charge in [-0.15, -0.1) is 0 Å². The lowest BCUT2D eigenvalue weighted by atomic mass is 10.2. The summed E-state index contributed by atoms with van der Waals surface area (Å²) in [6.07, 6.45) is 4.42. The Morgan fingerprint density at radius 3 is 2.58 bits per heavy atom. The third-order valence-corrected chi connectivity index (χ3v) is 2.37. The Balaban J connectivity index is 2.28. The second-order valence-electron chi connectivity index (χ2n) is 3.66. The molecule has 3 N–H and O–H groups in total. The molecule has 0 fully saturated rings. The molecule has 2 aromatic rings. The topological polar surface area (TPSA) is 91.8 Å². The average Bonchev–Trinajstić information content (AvgIpc) is 2.42. The van der Waals surface area contributed by atoms with E-state index in [1.54, 1.807) is 30.3 Å². The number of phenolic OH excluding ortho intramolecular Hbond substituents is 1. The van der Waals surface area contributed by atoms with Gasteiger partial charge in [-0.05, 0) is 24.3 Å². The molecular weight excluding hydrogens is 244 g/mol. The number of para-hydroxylation sites is 1. The first kappa shape index (κ1) is 12.6. The fourth-order valence-corrected chi connectivity index (χ4v) is 1.45. The molecule has 0 aliphatic heterocycles. The first-order valence-corrected chi connectivity index (χ1v) is 5.50. The summed E-state index contributed by atoms with van der Waals surface area (Å²) < 4.78 is 0. The predicted octanol–water partition coefficient (Wildman–Crippen LogP) is 1.71. The second kappa shape index (κ2) is 5.63. The van der Waals surface area contributed by atoms with E-state index in [0.29, 0.717) is 11.3 Å². The number of amides is 2. The molecule has 0 spiro atoms. The molecule has 2 amide bonds. The van der Waals surface area contributed by atoms with Crippen LogP contribution in [0.3, 0.4) is 0 Å². The molecule has 6 nitrogen and oxygen atoms in total. The van der Waals surface area contributed by atoms with E-state index in [2.05, 4.69) is 10.1 Å². The van der Waals surface area contributed by atoms with E-state index in [1.165, 1.54) is 24.7 Å². The highest BCUT2D eigenvalue weighted by Crippen LogP contribution is 2.15. The van der Waals surface area contributed by atoms with Gasteiger partial charge in [-0.2, -0.15) is 10.1 Å². The number of benzene rings is 1. The van der Waals surface area contributed by atoms with Crippen molar-refractivity contribution >= 4 is 17.9 Å². The standard InChI is InChI=1S/C13H12N4O2/c14-13(19)17(11-5-7-15-8-6-11)16-9-10-3-1-2-4-12(10)18/h1-9,18H,(H2,14,19)/b16-9+. The lowest BCUT2D eigenvalue weighted by molar-refractivity contribution is 0.254. The van der Waals surface area contributed by atoms with E-state index in [9.17, 15) is 9.90 Å². The quantitative estimate of drug-likeness (QED) is 0.646. The summed E-state index contributed by atoms with van der Waals surface area (Å²) in [5, 5.41) is 14.6. The van der Waals surface area contributed by atoms with Gasteiger partial charge in [0.25, 0.3) is 0 Å². The molecule has 0 aliphatic carbocycles. The van der Waals surface area contributed by atoms with E-state index in [0.717, 1.165) is 5.01 Å². The Morgan fingerprint density at radius 1 is 1.26 bits per heavy atom. The Labute approximate surface area is 109 Å². The van der Waals surface area contributed by atoms with Crippen molar-refractivity contribution in [1.29, 1.82) is 0 Å². The van der Waals surface area contributed by atoms with Crippen LogP contribution in [-0.4, -0.2) is 22.3 Å². The zero-order valence-electron chi connectivity index (χ0n) is 9.97. The Hall–Kier alpha value is -2.89. The Bertz CT molecular complexity index is 599. The third-order valence-electron chi connectivity index (χ3n) is 2.37. The fraction of sp³-hybridized carbons (Fsp3) is 0. The number of hydrazone groups is 1. The molecule has 0 saturated carbocycles. The van der Waals surface area contributed by atoms with Crippen LogP contribution in [0.1, 0.15) is 5.56 Å². The molecule has 96 valence electrons. The van der Waals surface area contributed by atoms with E-state index in [1.807, 2.05) is 0 Å². The number of carbonyl (C=O) groups is 1. The van der Waals surface area contributed by atoms with Gasteiger partial charge in [0.05, 0.1) is 11.9 Å². The summed E-state index contributed by atoms with van der Waals surface area (Å²) in [5.41, 5.74) is 6.24. The number of anilines is 1. The van der Waals surface area contributed by atoms with Crippen LogP contribution in [0.25, 0.3) is 0 Å². The van der Waals surface area contributed by atoms with Crippen molar-refractivity contribution in [3.8, 4) is 5.75 Å². The van der Waals surface area contributed by atoms with E-state index in [-0.39, 0.29) is 5.75 Å². The summed E-state index contributed by atoms with van der Waals surface area (Å²) >= 11 is 0. The van der Waals surface area contributed by atoms with E-state index in [4.69, 9.17) is 5.73 Å². The molecule has 1 aromatic carbocycles. The summed E-state index contributed by atoms with van der Waals surface area (Å²) in [7, 11) is 0. The lowest BCUT2D eigenvalue weighted by Crippen LogP contribution is -2.31. The SMILES string of the molecule is NC(=O)N(/N=C/c1ccccc1O)c1ccncc1. The number of carbonyl (C=O) groups excluding carboxylic acids is 1. The van der Waals surface area contributed by atoms with Crippen molar-refractivity contribution in [2.24, 2.45) is 10.8 Å². The number of pyridine rings is 1. The highest BCUT2D eigenvalue weighted by molar-refractivity contribution is 5.93. The zero-order chi connectivity index (χ0) is 13.7. The number of hydrogen-bond donors (Lipinski definition) is 2. The van der Waals surface area contributed by atoms with Crippen LogP contribution in [0.15, 0.2) is 53.9 Å². The van der Waals surface area contributed by atoms with Gasteiger partial charge in [0, 0.05) is 18.0 Å². The van der Waals surface area contributed by atoms with Crippen molar-refractivity contribution < 1.29 is 9.90 Å². The third kappa shape index (κ3) is 3.06. The van der Waals surface area contributed by atoms with Gasteiger partial charge in [0.2, 0.25) is 0 Å². The molecule has 19 heavy (non-hydrogen) atoms. The van der Waals surface area contributed by atoms with Crippen LogP contribution < -0.4 is 10.7 Å². The molecular formula is C13H12N4O2. The predicted molar refractivity (Wildman–Crippen MR) is 72.0 cm³/mol. The molecule has 0 unspecified atom stereocenters. The minimum atomic E-state index is -0.724. The Morgan fingerprint density at radius 2 is 1.95 bits per heavy atom. The number of nitrogens with zero attached hydrogens (tertiary/aromatic N) is 3. The lowest BCUT2D eigenvalue weighted by Gasteiger charge is -2.13. The van der Waals surface area contributed by atoms with Crippen LogP contribution in [0, 0.1) is 0 Å². The Kier molecular flexibility index (Phi) is 3.72. The van der Waals surface area contributed by atoms with E-state index < -0.39 is 6.03 Å². The summed E-state index contributed by atoms with van der Waals surface area (Å²) in [6, 6.07) is 9.13. The summed E-state index contributed by atoms with van der Waals surface area (Å²) in [5.74, 6) is 0.0744. The number of rotatable bonds is 3. The number of urea groups is 1. The zero-order valence-corrected chi connectivity index (χ0v) is 9.97.